The Labute approximate surface area is 161 Å². The molecule has 0 aliphatic heterocycles. The van der Waals surface area contributed by atoms with Crippen LogP contribution in [0.5, 0.6) is 5.75 Å². The molecule has 146 valence electrons. The minimum Gasteiger partial charge on any atom is -0.497 e. The number of methoxy groups -OCH3 is 1. The summed E-state index contributed by atoms with van der Waals surface area (Å²) in [5.41, 5.74) is 2.86. The zero-order chi connectivity index (χ0) is 18.9. The lowest BCUT2D eigenvalue weighted by Gasteiger charge is -2.52. The fourth-order valence-corrected chi connectivity index (χ4v) is 7.25. The maximum atomic E-state index is 12.4. The molecule has 27 heavy (non-hydrogen) atoms. The molecule has 8 atom stereocenters. The van der Waals surface area contributed by atoms with Crippen molar-refractivity contribution in [1.29, 1.82) is 0 Å². The number of aryl methyl sites for hydroxylation is 1. The Morgan fingerprint density at radius 3 is 2.85 bits per heavy atom. The molecule has 4 aliphatic carbocycles. The van der Waals surface area contributed by atoms with Crippen molar-refractivity contribution in [3.05, 3.63) is 29.3 Å². The average molecular weight is 370 g/mol. The normalized spacial score (nSPS) is 43.8. The van der Waals surface area contributed by atoms with Gasteiger partial charge in [0.05, 0.1) is 25.7 Å². The first-order valence-corrected chi connectivity index (χ1v) is 10.5. The Bertz CT molecular complexity index is 774. The molecule has 0 aromatic heterocycles. The summed E-state index contributed by atoms with van der Waals surface area (Å²) < 4.78 is 10.7. The molecule has 0 unspecified atom stereocenters. The third kappa shape index (κ3) is 2.28. The second-order valence-corrected chi connectivity index (χ2v) is 9.32. The molecular weight excluding hydrogens is 340 g/mol. The number of aliphatic hydroxyl groups is 1. The smallest absolute Gasteiger partial charge is 0.309 e. The summed E-state index contributed by atoms with van der Waals surface area (Å²) in [7, 11) is 1.72. The van der Waals surface area contributed by atoms with Gasteiger partial charge in [-0.25, -0.2) is 0 Å². The molecule has 1 aromatic rings. The predicted molar refractivity (Wildman–Crippen MR) is 101 cm³/mol. The van der Waals surface area contributed by atoms with Crippen molar-refractivity contribution < 1.29 is 19.4 Å². The quantitative estimate of drug-likeness (QED) is 0.827. The first-order chi connectivity index (χ1) is 13.0. The first kappa shape index (κ1) is 17.5. The third-order valence-corrected chi connectivity index (χ3v) is 8.38. The van der Waals surface area contributed by atoms with Crippen LogP contribution in [0.2, 0.25) is 0 Å². The average Bonchev–Trinajstić information content (AvgIpc) is 3.35. The Balaban J connectivity index is 1.47. The molecule has 0 saturated heterocycles. The highest BCUT2D eigenvalue weighted by molar-refractivity contribution is 5.77. The first-order valence-electron chi connectivity index (χ1n) is 10.5. The lowest BCUT2D eigenvalue weighted by molar-refractivity contribution is -0.148. The van der Waals surface area contributed by atoms with E-state index in [1.807, 2.05) is 6.92 Å². The number of carbonyl (C=O) groups is 1. The zero-order valence-corrected chi connectivity index (χ0v) is 16.5. The van der Waals surface area contributed by atoms with Crippen LogP contribution in [0.25, 0.3) is 0 Å². The van der Waals surface area contributed by atoms with Gasteiger partial charge in [0.2, 0.25) is 0 Å². The van der Waals surface area contributed by atoms with Gasteiger partial charge in [-0.1, -0.05) is 13.0 Å². The van der Waals surface area contributed by atoms with E-state index >= 15 is 0 Å². The number of fused-ring (bicyclic) bond motifs is 7. The minimum absolute atomic E-state index is 0.0382. The summed E-state index contributed by atoms with van der Waals surface area (Å²) in [6, 6.07) is 6.54. The summed E-state index contributed by atoms with van der Waals surface area (Å²) in [5, 5.41) is 11.1. The van der Waals surface area contributed by atoms with Gasteiger partial charge in [-0.05, 0) is 85.0 Å². The maximum Gasteiger partial charge on any atom is 0.309 e. The second-order valence-electron chi connectivity index (χ2n) is 9.32. The number of carbonyl (C=O) groups excluding carboxylic acids is 1. The zero-order valence-electron chi connectivity index (χ0n) is 16.5. The van der Waals surface area contributed by atoms with Gasteiger partial charge >= 0.3 is 5.97 Å². The van der Waals surface area contributed by atoms with E-state index in [4.69, 9.17) is 9.47 Å². The van der Waals surface area contributed by atoms with Crippen molar-refractivity contribution in [2.24, 2.45) is 35.0 Å². The third-order valence-electron chi connectivity index (χ3n) is 8.38. The Morgan fingerprint density at radius 2 is 2.11 bits per heavy atom. The molecule has 0 radical (unpaired) electrons. The monoisotopic (exact) mass is 370 g/mol. The Hall–Kier alpha value is -1.55. The molecule has 5 rings (SSSR count). The minimum atomic E-state index is -0.361. The molecule has 0 amide bonds. The van der Waals surface area contributed by atoms with Crippen molar-refractivity contribution in [2.75, 3.05) is 13.7 Å². The van der Waals surface area contributed by atoms with Gasteiger partial charge in [0.25, 0.3) is 0 Å². The van der Waals surface area contributed by atoms with E-state index in [9.17, 15) is 9.90 Å². The highest BCUT2D eigenvalue weighted by Gasteiger charge is 2.75. The number of hydrogen-bond donors (Lipinski definition) is 1. The van der Waals surface area contributed by atoms with Gasteiger partial charge in [0.1, 0.15) is 5.75 Å². The van der Waals surface area contributed by atoms with Crippen LogP contribution in [0.4, 0.5) is 0 Å². The molecular formula is C23H30O4. The summed E-state index contributed by atoms with van der Waals surface area (Å²) >= 11 is 0. The van der Waals surface area contributed by atoms with E-state index in [-0.39, 0.29) is 29.3 Å². The molecule has 0 spiro atoms. The molecule has 1 aromatic carbocycles. The molecule has 4 nitrogen and oxygen atoms in total. The van der Waals surface area contributed by atoms with Crippen LogP contribution in [-0.2, 0) is 16.0 Å². The van der Waals surface area contributed by atoms with Gasteiger partial charge in [-0.2, -0.15) is 0 Å². The largest absolute Gasteiger partial charge is 0.497 e. The van der Waals surface area contributed by atoms with Crippen LogP contribution < -0.4 is 4.74 Å². The number of ether oxygens (including phenoxy) is 2. The topological polar surface area (TPSA) is 55.8 Å². The van der Waals surface area contributed by atoms with E-state index < -0.39 is 0 Å². The number of benzene rings is 1. The number of rotatable bonds is 3. The molecule has 3 saturated carbocycles. The van der Waals surface area contributed by atoms with Gasteiger partial charge in [-0.15, -0.1) is 0 Å². The summed E-state index contributed by atoms with van der Waals surface area (Å²) in [4.78, 5) is 12.4. The van der Waals surface area contributed by atoms with Crippen molar-refractivity contribution in [3.8, 4) is 5.75 Å². The van der Waals surface area contributed by atoms with Crippen LogP contribution in [-0.4, -0.2) is 30.9 Å². The molecule has 4 aliphatic rings. The summed E-state index contributed by atoms with van der Waals surface area (Å²) in [6.45, 7) is 4.56. The fourth-order valence-electron chi connectivity index (χ4n) is 7.25. The van der Waals surface area contributed by atoms with E-state index in [0.29, 0.717) is 30.3 Å². The van der Waals surface area contributed by atoms with Crippen molar-refractivity contribution in [2.45, 2.75) is 51.6 Å². The molecule has 0 bridgehead atoms. The van der Waals surface area contributed by atoms with E-state index in [1.54, 1.807) is 7.11 Å². The van der Waals surface area contributed by atoms with Crippen LogP contribution in [0.3, 0.4) is 0 Å². The van der Waals surface area contributed by atoms with Crippen LogP contribution in [0, 0.1) is 35.0 Å². The van der Waals surface area contributed by atoms with Gasteiger partial charge in [0, 0.05) is 5.92 Å². The van der Waals surface area contributed by atoms with E-state index in [0.717, 1.165) is 31.4 Å². The number of aliphatic hydroxyl groups excluding tert-OH is 1. The predicted octanol–water partition coefficient (Wildman–Crippen LogP) is 3.56. The molecule has 0 heterocycles. The fraction of sp³-hybridized carbons (Fsp3) is 0.696. The SMILES string of the molecule is CCOC(=O)[C@@H]1[C@@H]2[C@H]1[C@H](O)[C@@]1(C)CC[C@@H]3c4ccc(OC)cc4CC[C@H]3[C@H]21. The van der Waals surface area contributed by atoms with Crippen molar-refractivity contribution in [1.82, 2.24) is 0 Å². The Morgan fingerprint density at radius 1 is 1.30 bits per heavy atom. The van der Waals surface area contributed by atoms with Crippen molar-refractivity contribution >= 4 is 5.97 Å². The molecule has 1 N–H and O–H groups in total. The summed E-state index contributed by atoms with van der Waals surface area (Å²) in [6.07, 6.45) is 4.04. The lowest BCUT2D eigenvalue weighted by atomic mass is 9.53. The summed E-state index contributed by atoms with van der Waals surface area (Å²) in [5.74, 6) is 2.76. The van der Waals surface area contributed by atoms with Gasteiger partial charge < -0.3 is 14.6 Å². The lowest BCUT2D eigenvalue weighted by Crippen LogP contribution is -2.47. The highest BCUT2D eigenvalue weighted by atomic mass is 16.5. The van der Waals surface area contributed by atoms with E-state index in [1.165, 1.54) is 11.1 Å². The Kier molecular flexibility index (Phi) is 3.88. The molecule has 4 heteroatoms. The van der Waals surface area contributed by atoms with E-state index in [2.05, 4.69) is 25.1 Å². The maximum absolute atomic E-state index is 12.4. The highest BCUT2D eigenvalue weighted by Crippen LogP contribution is 2.74. The van der Waals surface area contributed by atoms with Crippen LogP contribution >= 0.6 is 0 Å². The van der Waals surface area contributed by atoms with Gasteiger partial charge in [0.15, 0.2) is 0 Å². The number of esters is 1. The van der Waals surface area contributed by atoms with Crippen molar-refractivity contribution in [3.63, 3.8) is 0 Å². The van der Waals surface area contributed by atoms with Crippen LogP contribution in [0.15, 0.2) is 18.2 Å². The van der Waals surface area contributed by atoms with Crippen LogP contribution in [0.1, 0.15) is 50.2 Å². The van der Waals surface area contributed by atoms with Gasteiger partial charge in [-0.3, -0.25) is 4.79 Å². The number of hydrogen-bond acceptors (Lipinski definition) is 4. The second kappa shape index (κ2) is 5.97. The molecule has 3 fully saturated rings. The standard InChI is InChI=1S/C23H30O4/c1-4-27-22(25)19-17-18(19)21(24)23(2)10-9-15-14-8-6-13(26-3)11-12(14)5-7-16(15)20(17)23/h6,8,11,15-21,24H,4-5,7,9-10H2,1-3H3/t15-,16-,17+,18-,19-,20-,21+,23+/m1/s1.